The zero-order valence-corrected chi connectivity index (χ0v) is 14.8. The molecule has 0 aliphatic carbocycles. The lowest BCUT2D eigenvalue weighted by Crippen LogP contribution is -2.22. The predicted octanol–water partition coefficient (Wildman–Crippen LogP) is 3.53. The van der Waals surface area contributed by atoms with E-state index in [1.165, 1.54) is 0 Å². The Morgan fingerprint density at radius 3 is 2.77 bits per heavy atom. The van der Waals surface area contributed by atoms with Crippen LogP contribution in [-0.2, 0) is 16.2 Å². The van der Waals surface area contributed by atoms with Crippen molar-refractivity contribution in [1.82, 2.24) is 9.78 Å². The van der Waals surface area contributed by atoms with Crippen LogP contribution in [0.3, 0.4) is 0 Å². The number of nitrogens with zero attached hydrogens (tertiary/aromatic N) is 2. The number of benzene rings is 1. The van der Waals surface area contributed by atoms with Gasteiger partial charge < -0.3 is 9.47 Å². The van der Waals surface area contributed by atoms with Gasteiger partial charge in [-0.2, -0.15) is 5.10 Å². The number of rotatable bonds is 7. The Morgan fingerprint density at radius 2 is 2.09 bits per heavy atom. The molecule has 0 atom stereocenters. The van der Waals surface area contributed by atoms with Gasteiger partial charge in [-0.05, 0) is 31.2 Å². The van der Waals surface area contributed by atoms with Crippen LogP contribution in [-0.4, -0.2) is 37.0 Å². The number of esters is 1. The van der Waals surface area contributed by atoms with Crippen LogP contribution in [0.15, 0.2) is 24.4 Å². The third-order valence-corrected chi connectivity index (χ3v) is 4.99. The SMILES string of the molecule is CCOC(=O)c1ccc2nn(COCC[Si](C)(C)C)cc2c1. The molecule has 0 spiro atoms. The van der Waals surface area contributed by atoms with Gasteiger partial charge >= 0.3 is 5.97 Å². The normalized spacial score (nSPS) is 11.8. The van der Waals surface area contributed by atoms with E-state index in [1.54, 1.807) is 23.7 Å². The molecule has 120 valence electrons. The number of carbonyl (C=O) groups excluding carboxylic acids is 1. The predicted molar refractivity (Wildman–Crippen MR) is 89.8 cm³/mol. The molecule has 0 N–H and O–H groups in total. The Labute approximate surface area is 132 Å². The molecule has 0 saturated heterocycles. The van der Waals surface area contributed by atoms with Crippen molar-refractivity contribution >= 4 is 24.9 Å². The van der Waals surface area contributed by atoms with E-state index in [0.717, 1.165) is 23.6 Å². The minimum Gasteiger partial charge on any atom is -0.462 e. The molecule has 22 heavy (non-hydrogen) atoms. The summed E-state index contributed by atoms with van der Waals surface area (Å²) >= 11 is 0. The van der Waals surface area contributed by atoms with Crippen molar-refractivity contribution in [3.63, 3.8) is 0 Å². The molecule has 1 aromatic carbocycles. The van der Waals surface area contributed by atoms with Crippen LogP contribution in [0.4, 0.5) is 0 Å². The van der Waals surface area contributed by atoms with Gasteiger partial charge in [0.05, 0.1) is 17.7 Å². The zero-order valence-electron chi connectivity index (χ0n) is 13.8. The van der Waals surface area contributed by atoms with Gasteiger partial charge in [-0.25, -0.2) is 9.48 Å². The van der Waals surface area contributed by atoms with Crippen molar-refractivity contribution in [2.45, 2.75) is 39.3 Å². The highest BCUT2D eigenvalue weighted by Crippen LogP contribution is 2.16. The molecule has 0 fully saturated rings. The second-order valence-corrected chi connectivity index (χ2v) is 12.1. The molecule has 5 nitrogen and oxygen atoms in total. The molecule has 2 aromatic rings. The number of aromatic nitrogens is 2. The van der Waals surface area contributed by atoms with Crippen LogP contribution in [0.5, 0.6) is 0 Å². The van der Waals surface area contributed by atoms with Crippen LogP contribution >= 0.6 is 0 Å². The van der Waals surface area contributed by atoms with Crippen molar-refractivity contribution in [3.8, 4) is 0 Å². The van der Waals surface area contributed by atoms with Crippen LogP contribution in [0.25, 0.3) is 10.9 Å². The van der Waals surface area contributed by atoms with Crippen LogP contribution < -0.4 is 0 Å². The van der Waals surface area contributed by atoms with Crippen molar-refractivity contribution in [2.75, 3.05) is 13.2 Å². The van der Waals surface area contributed by atoms with Crippen molar-refractivity contribution in [1.29, 1.82) is 0 Å². The zero-order chi connectivity index (χ0) is 16.2. The fraction of sp³-hybridized carbons (Fsp3) is 0.500. The molecule has 0 unspecified atom stereocenters. The van der Waals surface area contributed by atoms with E-state index in [2.05, 4.69) is 24.7 Å². The third kappa shape index (κ3) is 4.67. The smallest absolute Gasteiger partial charge is 0.338 e. The largest absolute Gasteiger partial charge is 0.462 e. The molecule has 1 heterocycles. The number of hydrogen-bond donors (Lipinski definition) is 0. The summed E-state index contributed by atoms with van der Waals surface area (Å²) in [5, 5.41) is 5.36. The van der Waals surface area contributed by atoms with E-state index >= 15 is 0 Å². The molecule has 0 aliphatic rings. The van der Waals surface area contributed by atoms with E-state index < -0.39 is 8.07 Å². The Bertz CT molecular complexity index is 646. The summed E-state index contributed by atoms with van der Waals surface area (Å²) in [5.41, 5.74) is 1.40. The minimum atomic E-state index is -1.06. The van der Waals surface area contributed by atoms with Crippen LogP contribution in [0.2, 0.25) is 25.7 Å². The standard InChI is InChI=1S/C16H24N2O3Si/c1-5-21-16(19)13-6-7-15-14(10-13)11-18(17-15)12-20-8-9-22(2,3)4/h6-7,10-11H,5,8-9,12H2,1-4H3. The quantitative estimate of drug-likeness (QED) is 0.445. The maximum atomic E-state index is 11.7. The fourth-order valence-corrected chi connectivity index (χ4v) is 2.78. The first kappa shape index (κ1) is 16.7. The van der Waals surface area contributed by atoms with E-state index in [9.17, 15) is 4.79 Å². The summed E-state index contributed by atoms with van der Waals surface area (Å²) in [4.78, 5) is 11.7. The Hall–Kier alpha value is -1.66. The Morgan fingerprint density at radius 1 is 1.32 bits per heavy atom. The Kier molecular flexibility index (Phi) is 5.36. The van der Waals surface area contributed by atoms with Crippen LogP contribution in [0.1, 0.15) is 17.3 Å². The lowest BCUT2D eigenvalue weighted by Gasteiger charge is -2.15. The molecular formula is C16H24N2O3Si. The van der Waals surface area contributed by atoms with E-state index in [0.29, 0.717) is 18.9 Å². The summed E-state index contributed by atoms with van der Waals surface area (Å²) in [6.45, 7) is 10.4. The maximum Gasteiger partial charge on any atom is 0.338 e. The number of ether oxygens (including phenoxy) is 2. The summed E-state index contributed by atoms with van der Waals surface area (Å²) in [6.07, 6.45) is 1.90. The number of hydrogen-bond acceptors (Lipinski definition) is 4. The fourth-order valence-electron chi connectivity index (χ4n) is 2.02. The average molecular weight is 320 g/mol. The number of fused-ring (bicyclic) bond motifs is 1. The molecule has 0 amide bonds. The van der Waals surface area contributed by atoms with Gasteiger partial charge in [-0.1, -0.05) is 19.6 Å². The highest BCUT2D eigenvalue weighted by atomic mass is 28.3. The first-order chi connectivity index (χ1) is 10.4. The van der Waals surface area contributed by atoms with Gasteiger partial charge in [0.15, 0.2) is 0 Å². The summed E-state index contributed by atoms with van der Waals surface area (Å²) < 4.78 is 12.5. The van der Waals surface area contributed by atoms with E-state index in [1.807, 2.05) is 12.3 Å². The first-order valence-corrected chi connectivity index (χ1v) is 11.3. The summed E-state index contributed by atoms with van der Waals surface area (Å²) in [7, 11) is -1.06. The molecule has 2 rings (SSSR count). The minimum absolute atomic E-state index is 0.302. The lowest BCUT2D eigenvalue weighted by atomic mass is 10.2. The molecule has 0 bridgehead atoms. The van der Waals surface area contributed by atoms with Crippen LogP contribution in [0, 0.1) is 0 Å². The summed E-state index contributed by atoms with van der Waals surface area (Å²) in [6, 6.07) is 6.52. The van der Waals surface area contributed by atoms with Gasteiger partial charge in [0.1, 0.15) is 6.73 Å². The second kappa shape index (κ2) is 7.06. The van der Waals surface area contributed by atoms with Gasteiger partial charge in [-0.15, -0.1) is 0 Å². The second-order valence-electron chi connectivity index (χ2n) is 6.51. The van der Waals surface area contributed by atoms with Gasteiger partial charge in [0.2, 0.25) is 0 Å². The highest BCUT2D eigenvalue weighted by Gasteiger charge is 2.12. The van der Waals surface area contributed by atoms with Crippen molar-refractivity contribution in [3.05, 3.63) is 30.0 Å². The lowest BCUT2D eigenvalue weighted by molar-refractivity contribution is 0.0526. The summed E-state index contributed by atoms with van der Waals surface area (Å²) in [5.74, 6) is -0.302. The Balaban J connectivity index is 1.99. The third-order valence-electron chi connectivity index (χ3n) is 3.28. The molecule has 0 aliphatic heterocycles. The molecule has 6 heteroatoms. The first-order valence-electron chi connectivity index (χ1n) is 7.61. The maximum absolute atomic E-state index is 11.7. The highest BCUT2D eigenvalue weighted by molar-refractivity contribution is 6.76. The molecule has 0 saturated carbocycles. The van der Waals surface area contributed by atoms with E-state index in [4.69, 9.17) is 9.47 Å². The van der Waals surface area contributed by atoms with Gasteiger partial charge in [0.25, 0.3) is 0 Å². The number of carbonyl (C=O) groups is 1. The molecular weight excluding hydrogens is 296 g/mol. The van der Waals surface area contributed by atoms with E-state index in [-0.39, 0.29) is 5.97 Å². The van der Waals surface area contributed by atoms with Crippen molar-refractivity contribution in [2.24, 2.45) is 0 Å². The topological polar surface area (TPSA) is 53.3 Å². The van der Waals surface area contributed by atoms with Gasteiger partial charge in [0, 0.05) is 26.3 Å². The molecule has 1 aromatic heterocycles. The average Bonchev–Trinajstić information content (AvgIpc) is 2.84. The van der Waals surface area contributed by atoms with Gasteiger partial charge in [-0.3, -0.25) is 0 Å². The monoisotopic (exact) mass is 320 g/mol. The molecule has 0 radical (unpaired) electrons. The van der Waals surface area contributed by atoms with Crippen molar-refractivity contribution < 1.29 is 14.3 Å².